The van der Waals surface area contributed by atoms with Gasteiger partial charge in [0.15, 0.2) is 0 Å². The summed E-state index contributed by atoms with van der Waals surface area (Å²) < 4.78 is 36.8. The van der Waals surface area contributed by atoms with Crippen LogP contribution >= 0.6 is 0 Å². The normalized spacial score (nSPS) is 12.1. The summed E-state index contributed by atoms with van der Waals surface area (Å²) in [4.78, 5) is 0. The van der Waals surface area contributed by atoms with Crippen molar-refractivity contribution in [3.63, 3.8) is 0 Å². The third-order valence-electron chi connectivity index (χ3n) is 1.74. The standard InChI is InChI=1S/C10H11F3N/c1-7(14)5-8-3-2-4-9(6-8)10(11,12)13/h2-4,6H,5,14H2,1H3. The molecule has 0 bridgehead atoms. The largest absolute Gasteiger partial charge is 0.416 e. The predicted octanol–water partition coefficient (Wildman–Crippen LogP) is 2.76. The second-order valence-electron chi connectivity index (χ2n) is 3.22. The molecule has 77 valence electrons. The summed E-state index contributed by atoms with van der Waals surface area (Å²) in [6.07, 6.45) is -3.90. The molecular weight excluding hydrogens is 191 g/mol. The van der Waals surface area contributed by atoms with Gasteiger partial charge in [0.1, 0.15) is 0 Å². The first-order valence-corrected chi connectivity index (χ1v) is 4.13. The first kappa shape index (κ1) is 11.0. The Balaban J connectivity index is 2.90. The molecule has 1 radical (unpaired) electrons. The van der Waals surface area contributed by atoms with Gasteiger partial charge < -0.3 is 5.73 Å². The molecule has 1 nitrogen and oxygen atoms in total. The highest BCUT2D eigenvalue weighted by Crippen LogP contribution is 2.29. The molecule has 0 amide bonds. The van der Waals surface area contributed by atoms with Crippen LogP contribution in [0.4, 0.5) is 13.2 Å². The van der Waals surface area contributed by atoms with E-state index in [4.69, 9.17) is 5.73 Å². The van der Waals surface area contributed by atoms with E-state index < -0.39 is 11.7 Å². The van der Waals surface area contributed by atoms with E-state index in [1.165, 1.54) is 6.07 Å². The molecule has 0 aliphatic carbocycles. The molecule has 4 heteroatoms. The lowest BCUT2D eigenvalue weighted by Gasteiger charge is -2.09. The Labute approximate surface area is 80.7 Å². The minimum Gasteiger partial charge on any atom is -0.323 e. The summed E-state index contributed by atoms with van der Waals surface area (Å²) in [6.45, 7) is 1.68. The lowest BCUT2D eigenvalue weighted by atomic mass is 10.0. The summed E-state index contributed by atoms with van der Waals surface area (Å²) in [7, 11) is 0. The van der Waals surface area contributed by atoms with Crippen molar-refractivity contribution in [2.75, 3.05) is 0 Å². The van der Waals surface area contributed by atoms with Gasteiger partial charge >= 0.3 is 6.18 Å². The first-order valence-electron chi connectivity index (χ1n) is 4.13. The molecule has 0 unspecified atom stereocenters. The quantitative estimate of drug-likeness (QED) is 0.784. The van der Waals surface area contributed by atoms with Crippen molar-refractivity contribution in [3.8, 4) is 0 Å². The molecule has 1 aromatic rings. The molecule has 0 aromatic heterocycles. The maximum absolute atomic E-state index is 12.3. The smallest absolute Gasteiger partial charge is 0.323 e. The summed E-state index contributed by atoms with van der Waals surface area (Å²) in [5.41, 5.74) is 5.37. The zero-order valence-electron chi connectivity index (χ0n) is 7.73. The van der Waals surface area contributed by atoms with Crippen LogP contribution in [0.2, 0.25) is 0 Å². The zero-order valence-corrected chi connectivity index (χ0v) is 7.73. The van der Waals surface area contributed by atoms with E-state index >= 15 is 0 Å². The minimum absolute atomic E-state index is 0.379. The van der Waals surface area contributed by atoms with Gasteiger partial charge in [-0.05, 0) is 25.0 Å². The first-order chi connectivity index (χ1) is 6.39. The van der Waals surface area contributed by atoms with Crippen LogP contribution in [-0.4, -0.2) is 0 Å². The highest BCUT2D eigenvalue weighted by atomic mass is 19.4. The molecule has 14 heavy (non-hydrogen) atoms. The van der Waals surface area contributed by atoms with Crippen LogP contribution in [-0.2, 0) is 12.6 Å². The van der Waals surface area contributed by atoms with E-state index in [0.717, 1.165) is 12.1 Å². The Kier molecular flexibility index (Phi) is 3.16. The molecule has 0 atom stereocenters. The summed E-state index contributed by atoms with van der Waals surface area (Å²) in [5, 5.41) is 0. The molecule has 0 fully saturated rings. The van der Waals surface area contributed by atoms with Crippen molar-refractivity contribution >= 4 is 0 Å². The topological polar surface area (TPSA) is 26.0 Å². The third kappa shape index (κ3) is 3.03. The fraction of sp³-hybridized carbons (Fsp3) is 0.300. The number of alkyl halides is 3. The van der Waals surface area contributed by atoms with Crippen LogP contribution in [0.3, 0.4) is 0 Å². The maximum atomic E-state index is 12.3. The van der Waals surface area contributed by atoms with E-state index in [1.807, 2.05) is 0 Å². The number of nitrogens with two attached hydrogens (primary N) is 1. The average Bonchev–Trinajstić information content (AvgIpc) is 2.01. The van der Waals surface area contributed by atoms with Crippen LogP contribution in [0.5, 0.6) is 0 Å². The van der Waals surface area contributed by atoms with Crippen molar-refractivity contribution in [3.05, 3.63) is 41.4 Å². The van der Waals surface area contributed by atoms with Gasteiger partial charge in [-0.3, -0.25) is 0 Å². The van der Waals surface area contributed by atoms with Crippen molar-refractivity contribution in [1.82, 2.24) is 0 Å². The average molecular weight is 202 g/mol. The highest BCUT2D eigenvalue weighted by molar-refractivity contribution is 5.27. The molecule has 0 heterocycles. The third-order valence-corrected chi connectivity index (χ3v) is 1.74. The van der Waals surface area contributed by atoms with Gasteiger partial charge in [-0.1, -0.05) is 18.2 Å². The van der Waals surface area contributed by atoms with Gasteiger partial charge in [-0.25, -0.2) is 0 Å². The molecule has 0 aliphatic heterocycles. The van der Waals surface area contributed by atoms with Crippen molar-refractivity contribution < 1.29 is 13.2 Å². The fourth-order valence-corrected chi connectivity index (χ4v) is 1.18. The van der Waals surface area contributed by atoms with Crippen molar-refractivity contribution in [2.24, 2.45) is 5.73 Å². The Morgan fingerprint density at radius 2 is 2.00 bits per heavy atom. The van der Waals surface area contributed by atoms with Gasteiger partial charge in [0.2, 0.25) is 0 Å². The van der Waals surface area contributed by atoms with Crippen LogP contribution in [0, 0.1) is 6.04 Å². The fourth-order valence-electron chi connectivity index (χ4n) is 1.18. The lowest BCUT2D eigenvalue weighted by Crippen LogP contribution is -2.10. The second-order valence-corrected chi connectivity index (χ2v) is 3.22. The highest BCUT2D eigenvalue weighted by Gasteiger charge is 2.30. The van der Waals surface area contributed by atoms with Crippen molar-refractivity contribution in [1.29, 1.82) is 0 Å². The second kappa shape index (κ2) is 4.00. The van der Waals surface area contributed by atoms with E-state index in [1.54, 1.807) is 13.0 Å². The Morgan fingerprint density at radius 1 is 1.36 bits per heavy atom. The number of hydrogen-bond donors (Lipinski definition) is 1. The predicted molar refractivity (Wildman–Crippen MR) is 48.3 cm³/mol. The number of halogens is 3. The van der Waals surface area contributed by atoms with Crippen LogP contribution in [0.1, 0.15) is 18.1 Å². The van der Waals surface area contributed by atoms with E-state index in [2.05, 4.69) is 0 Å². The number of benzene rings is 1. The van der Waals surface area contributed by atoms with Crippen LogP contribution in [0.25, 0.3) is 0 Å². The SMILES string of the molecule is C[C](N)Cc1cccc(C(F)(F)F)c1. The molecular formula is C10H11F3N. The molecule has 1 rings (SSSR count). The number of rotatable bonds is 2. The number of hydrogen-bond acceptors (Lipinski definition) is 1. The van der Waals surface area contributed by atoms with Crippen LogP contribution < -0.4 is 5.73 Å². The lowest BCUT2D eigenvalue weighted by molar-refractivity contribution is -0.137. The maximum Gasteiger partial charge on any atom is 0.416 e. The Hall–Kier alpha value is -1.03. The minimum atomic E-state index is -4.28. The van der Waals surface area contributed by atoms with Gasteiger partial charge in [0.25, 0.3) is 0 Å². The van der Waals surface area contributed by atoms with Gasteiger partial charge in [-0.15, -0.1) is 0 Å². The van der Waals surface area contributed by atoms with E-state index in [-0.39, 0.29) is 0 Å². The molecule has 0 saturated heterocycles. The molecule has 2 N–H and O–H groups in total. The Morgan fingerprint density at radius 3 is 2.50 bits per heavy atom. The monoisotopic (exact) mass is 202 g/mol. The van der Waals surface area contributed by atoms with Crippen LogP contribution in [0.15, 0.2) is 24.3 Å². The summed E-state index contributed by atoms with van der Waals surface area (Å²) in [5.74, 6) is 0. The van der Waals surface area contributed by atoms with E-state index in [9.17, 15) is 13.2 Å². The zero-order chi connectivity index (χ0) is 10.8. The molecule has 0 spiro atoms. The van der Waals surface area contributed by atoms with Gasteiger partial charge in [-0.2, -0.15) is 13.2 Å². The molecule has 1 aromatic carbocycles. The summed E-state index contributed by atoms with van der Waals surface area (Å²) in [6, 6.07) is 5.79. The Bertz CT molecular complexity index is 304. The molecule has 0 aliphatic rings. The summed E-state index contributed by atoms with van der Waals surface area (Å²) >= 11 is 0. The van der Waals surface area contributed by atoms with E-state index in [0.29, 0.717) is 18.0 Å². The van der Waals surface area contributed by atoms with Crippen molar-refractivity contribution in [2.45, 2.75) is 19.5 Å². The van der Waals surface area contributed by atoms with Gasteiger partial charge in [0.05, 0.1) is 5.56 Å². The van der Waals surface area contributed by atoms with Gasteiger partial charge in [0, 0.05) is 6.04 Å². The molecule has 0 saturated carbocycles.